The van der Waals surface area contributed by atoms with Gasteiger partial charge in [-0.15, -0.1) is 0 Å². The van der Waals surface area contributed by atoms with Gasteiger partial charge in [-0.05, 0) is 24.7 Å². The molecule has 1 N–H and O–H groups in total. The summed E-state index contributed by atoms with van der Waals surface area (Å²) in [6, 6.07) is 6.99. The van der Waals surface area contributed by atoms with Crippen LogP contribution in [0.2, 0.25) is 0 Å². The number of allylic oxidation sites excluding steroid dienone is 2. The number of likely N-dealkylation sites (N-methyl/N-ethyl adjacent to an activating group) is 1. The molecule has 0 heterocycles. The molecule has 0 saturated carbocycles. The molecule has 1 aliphatic rings. The normalized spacial score (nSPS) is 24.4. The minimum atomic E-state index is -0.185. The van der Waals surface area contributed by atoms with Gasteiger partial charge in [-0.2, -0.15) is 0 Å². The first-order valence-electron chi connectivity index (χ1n) is 5.09. The molecule has 0 bridgehead atoms. The van der Waals surface area contributed by atoms with E-state index in [1.165, 1.54) is 12.1 Å². The van der Waals surface area contributed by atoms with Gasteiger partial charge in [0, 0.05) is 12.0 Å². The van der Waals surface area contributed by atoms with Crippen LogP contribution in [0, 0.1) is 5.82 Å². The zero-order valence-electron chi connectivity index (χ0n) is 8.65. The van der Waals surface area contributed by atoms with Gasteiger partial charge in [0.05, 0.1) is 0 Å². The van der Waals surface area contributed by atoms with Crippen molar-refractivity contribution in [1.82, 2.24) is 5.32 Å². The first kappa shape index (κ1) is 10.1. The molecule has 0 spiro atoms. The van der Waals surface area contributed by atoms with E-state index in [0.29, 0.717) is 12.0 Å². The second-order valence-electron chi connectivity index (χ2n) is 3.66. The Morgan fingerprint density at radius 1 is 1.07 bits per heavy atom. The molecular weight excluding hydrogens is 189 g/mol. The molecule has 0 fully saturated rings. The van der Waals surface area contributed by atoms with Crippen molar-refractivity contribution in [2.24, 2.45) is 0 Å². The highest BCUT2D eigenvalue weighted by molar-refractivity contribution is 5.32. The lowest BCUT2D eigenvalue weighted by Crippen LogP contribution is -2.30. The molecule has 15 heavy (non-hydrogen) atoms. The lowest BCUT2D eigenvalue weighted by molar-refractivity contribution is 0.597. The molecule has 0 saturated heterocycles. The van der Waals surface area contributed by atoms with Crippen LogP contribution in [0.3, 0.4) is 0 Å². The maximum atomic E-state index is 12.8. The maximum Gasteiger partial charge on any atom is 0.123 e. The molecule has 2 unspecified atom stereocenters. The molecule has 1 nitrogen and oxygen atoms in total. The number of rotatable bonds is 2. The van der Waals surface area contributed by atoms with Gasteiger partial charge in [-0.1, -0.05) is 36.4 Å². The fourth-order valence-electron chi connectivity index (χ4n) is 1.89. The van der Waals surface area contributed by atoms with Crippen molar-refractivity contribution in [2.45, 2.75) is 12.0 Å². The predicted octanol–water partition coefficient (Wildman–Crippen LogP) is 2.62. The molecule has 2 atom stereocenters. The van der Waals surface area contributed by atoms with Crippen molar-refractivity contribution in [3.8, 4) is 0 Å². The molecule has 2 rings (SSSR count). The lowest BCUT2D eigenvalue weighted by Gasteiger charge is -2.24. The van der Waals surface area contributed by atoms with Gasteiger partial charge in [-0.25, -0.2) is 4.39 Å². The summed E-state index contributed by atoms with van der Waals surface area (Å²) in [5.41, 5.74) is 1.14. The van der Waals surface area contributed by atoms with Crippen molar-refractivity contribution in [3.63, 3.8) is 0 Å². The third-order valence-corrected chi connectivity index (χ3v) is 2.72. The summed E-state index contributed by atoms with van der Waals surface area (Å²) < 4.78 is 12.8. The van der Waals surface area contributed by atoms with E-state index in [4.69, 9.17) is 0 Å². The predicted molar refractivity (Wildman–Crippen MR) is 60.3 cm³/mol. The number of hydrogen-bond acceptors (Lipinski definition) is 1. The van der Waals surface area contributed by atoms with Crippen molar-refractivity contribution in [1.29, 1.82) is 0 Å². The minimum absolute atomic E-state index is 0.185. The summed E-state index contributed by atoms with van der Waals surface area (Å²) in [7, 11) is 1.94. The second kappa shape index (κ2) is 4.41. The van der Waals surface area contributed by atoms with Crippen LogP contribution < -0.4 is 5.32 Å². The van der Waals surface area contributed by atoms with E-state index >= 15 is 0 Å². The number of hydrogen-bond donors (Lipinski definition) is 1. The van der Waals surface area contributed by atoms with E-state index in [-0.39, 0.29) is 5.82 Å². The number of nitrogens with one attached hydrogen (secondary N) is 1. The SMILES string of the molecule is CNC1C=CC=CC1c1ccc(F)cc1. The highest BCUT2D eigenvalue weighted by Crippen LogP contribution is 2.24. The Labute approximate surface area is 89.3 Å². The van der Waals surface area contributed by atoms with Crippen LogP contribution in [-0.2, 0) is 0 Å². The smallest absolute Gasteiger partial charge is 0.123 e. The Morgan fingerprint density at radius 3 is 2.40 bits per heavy atom. The van der Waals surface area contributed by atoms with Crippen LogP contribution in [0.5, 0.6) is 0 Å². The molecule has 0 aromatic heterocycles. The fourth-order valence-corrected chi connectivity index (χ4v) is 1.89. The highest BCUT2D eigenvalue weighted by Gasteiger charge is 2.18. The summed E-state index contributed by atoms with van der Waals surface area (Å²) in [5.74, 6) is 0.107. The Hall–Kier alpha value is -1.41. The van der Waals surface area contributed by atoms with Gasteiger partial charge >= 0.3 is 0 Å². The van der Waals surface area contributed by atoms with Crippen LogP contribution in [0.4, 0.5) is 4.39 Å². The Balaban J connectivity index is 2.26. The zero-order chi connectivity index (χ0) is 10.7. The minimum Gasteiger partial charge on any atom is -0.313 e. The molecule has 1 aromatic rings. The van der Waals surface area contributed by atoms with Gasteiger partial charge < -0.3 is 5.32 Å². The summed E-state index contributed by atoms with van der Waals surface area (Å²) >= 11 is 0. The third kappa shape index (κ3) is 2.16. The van der Waals surface area contributed by atoms with Crippen molar-refractivity contribution < 1.29 is 4.39 Å². The number of halogens is 1. The zero-order valence-corrected chi connectivity index (χ0v) is 8.65. The van der Waals surface area contributed by atoms with Crippen LogP contribution in [0.1, 0.15) is 11.5 Å². The molecular formula is C13H14FN. The topological polar surface area (TPSA) is 12.0 Å². The van der Waals surface area contributed by atoms with Gasteiger partial charge in [0.1, 0.15) is 5.82 Å². The molecule has 1 aromatic carbocycles. The summed E-state index contributed by atoms with van der Waals surface area (Å²) in [6.07, 6.45) is 8.31. The van der Waals surface area contributed by atoms with E-state index < -0.39 is 0 Å². The molecule has 0 aliphatic heterocycles. The maximum absolute atomic E-state index is 12.8. The Kier molecular flexibility index (Phi) is 2.97. The Morgan fingerprint density at radius 2 is 1.73 bits per heavy atom. The summed E-state index contributed by atoms with van der Waals surface area (Å²) in [6.45, 7) is 0. The number of benzene rings is 1. The molecule has 0 amide bonds. The average Bonchev–Trinajstić information content (AvgIpc) is 2.30. The Bertz CT molecular complexity index is 378. The van der Waals surface area contributed by atoms with E-state index in [1.807, 2.05) is 31.3 Å². The first-order valence-corrected chi connectivity index (χ1v) is 5.09. The van der Waals surface area contributed by atoms with Gasteiger partial charge in [-0.3, -0.25) is 0 Å². The lowest BCUT2D eigenvalue weighted by atomic mass is 9.88. The highest BCUT2D eigenvalue weighted by atomic mass is 19.1. The van der Waals surface area contributed by atoms with Crippen LogP contribution >= 0.6 is 0 Å². The monoisotopic (exact) mass is 203 g/mol. The van der Waals surface area contributed by atoms with E-state index in [9.17, 15) is 4.39 Å². The van der Waals surface area contributed by atoms with Gasteiger partial charge in [0.2, 0.25) is 0 Å². The van der Waals surface area contributed by atoms with E-state index in [2.05, 4.69) is 17.5 Å². The second-order valence-corrected chi connectivity index (χ2v) is 3.66. The van der Waals surface area contributed by atoms with Crippen LogP contribution in [-0.4, -0.2) is 13.1 Å². The molecule has 2 heteroatoms. The largest absolute Gasteiger partial charge is 0.313 e. The standard InChI is InChI=1S/C13H14FN/c1-15-13-5-3-2-4-12(13)10-6-8-11(14)9-7-10/h2-9,12-13,15H,1H3. The molecule has 1 aliphatic carbocycles. The van der Waals surface area contributed by atoms with Gasteiger partial charge in [0.15, 0.2) is 0 Å². The fraction of sp³-hybridized carbons (Fsp3) is 0.231. The van der Waals surface area contributed by atoms with Gasteiger partial charge in [0.25, 0.3) is 0 Å². The average molecular weight is 203 g/mol. The third-order valence-electron chi connectivity index (χ3n) is 2.72. The summed E-state index contributed by atoms with van der Waals surface area (Å²) in [4.78, 5) is 0. The quantitative estimate of drug-likeness (QED) is 0.779. The van der Waals surface area contributed by atoms with Crippen molar-refractivity contribution in [3.05, 3.63) is 60.0 Å². The van der Waals surface area contributed by atoms with Crippen molar-refractivity contribution in [2.75, 3.05) is 7.05 Å². The van der Waals surface area contributed by atoms with Crippen molar-refractivity contribution >= 4 is 0 Å². The van der Waals surface area contributed by atoms with Crippen LogP contribution in [0.25, 0.3) is 0 Å². The first-order chi connectivity index (χ1) is 7.31. The van der Waals surface area contributed by atoms with E-state index in [0.717, 1.165) is 5.56 Å². The van der Waals surface area contributed by atoms with E-state index in [1.54, 1.807) is 0 Å². The molecule has 78 valence electrons. The summed E-state index contributed by atoms with van der Waals surface area (Å²) in [5, 5.41) is 3.24. The molecule has 0 radical (unpaired) electrons. The van der Waals surface area contributed by atoms with Crippen LogP contribution in [0.15, 0.2) is 48.6 Å².